The molecule has 1 aliphatic rings. The van der Waals surface area contributed by atoms with Crippen molar-refractivity contribution in [2.75, 3.05) is 25.1 Å². The van der Waals surface area contributed by atoms with E-state index in [9.17, 15) is 35.9 Å². The minimum Gasteiger partial charge on any atom is -0.448 e. The largest absolute Gasteiger partial charge is 0.448 e. The van der Waals surface area contributed by atoms with Gasteiger partial charge in [-0.05, 0) is 65.9 Å². The SMILES string of the molecule is N[C@H](C(=O)Nc1cncc(F)c1CC[C@@H]1CN[C@H](COC(=O)NC(c2ccc(F)cc2)C(F)(F)F)CO1)C(c1ccc(F)cc1)c1ccc(F)cc1. The zero-order chi connectivity index (χ0) is 37.4. The lowest BCUT2D eigenvalue weighted by Gasteiger charge is -2.30. The molecule has 52 heavy (non-hydrogen) atoms. The summed E-state index contributed by atoms with van der Waals surface area (Å²) < 4.78 is 107. The van der Waals surface area contributed by atoms with Gasteiger partial charge in [-0.1, -0.05) is 36.4 Å². The van der Waals surface area contributed by atoms with Gasteiger partial charge in [0.05, 0.1) is 42.9 Å². The Labute approximate surface area is 293 Å². The van der Waals surface area contributed by atoms with Gasteiger partial charge < -0.3 is 31.2 Å². The van der Waals surface area contributed by atoms with Gasteiger partial charge in [0.25, 0.3) is 0 Å². The standard InChI is InChI=1S/C36H34F7N5O4/c37-23-7-1-20(2-8-23)31(21-3-9-24(38)10-4-21)32(44)34(49)47-30-17-45-16-29(40)28(30)14-13-27-15-46-26(18-51-27)19-52-35(50)48-33(36(41,42)43)22-5-11-25(39)12-6-22/h1-12,16-17,26-27,31-33,46H,13-15,18-19,44H2,(H,47,49)(H,48,50)/t26-,27+,32-,33?/m0/s1. The van der Waals surface area contributed by atoms with E-state index < -0.39 is 71.6 Å². The fraction of sp³-hybridized carbons (Fsp3) is 0.306. The van der Waals surface area contributed by atoms with Crippen LogP contribution in [0.1, 0.15) is 40.6 Å². The second-order valence-electron chi connectivity index (χ2n) is 12.1. The number of aromatic nitrogens is 1. The molecule has 0 aliphatic carbocycles. The Bertz CT molecular complexity index is 1760. The van der Waals surface area contributed by atoms with Crippen molar-refractivity contribution in [1.29, 1.82) is 0 Å². The Morgan fingerprint density at radius 2 is 1.44 bits per heavy atom. The zero-order valence-electron chi connectivity index (χ0n) is 27.3. The molecule has 1 fully saturated rings. The molecule has 4 aromatic rings. The van der Waals surface area contributed by atoms with Gasteiger partial charge in [-0.2, -0.15) is 13.2 Å². The molecule has 3 aromatic carbocycles. The van der Waals surface area contributed by atoms with Crippen molar-refractivity contribution in [3.63, 3.8) is 0 Å². The predicted molar refractivity (Wildman–Crippen MR) is 175 cm³/mol. The molecule has 1 aliphatic heterocycles. The van der Waals surface area contributed by atoms with E-state index in [2.05, 4.69) is 15.6 Å². The maximum absolute atomic E-state index is 15.0. The van der Waals surface area contributed by atoms with Crippen molar-refractivity contribution in [3.8, 4) is 0 Å². The number of nitrogens with one attached hydrogen (secondary N) is 3. The van der Waals surface area contributed by atoms with Crippen molar-refractivity contribution >= 4 is 17.7 Å². The lowest BCUT2D eigenvalue weighted by molar-refractivity contribution is -0.156. The number of anilines is 1. The maximum atomic E-state index is 15.0. The van der Waals surface area contributed by atoms with Gasteiger partial charge >= 0.3 is 12.3 Å². The van der Waals surface area contributed by atoms with Crippen LogP contribution < -0.4 is 21.7 Å². The van der Waals surface area contributed by atoms with Gasteiger partial charge in [-0.25, -0.2) is 22.4 Å². The molecule has 0 saturated carbocycles. The van der Waals surface area contributed by atoms with Crippen LogP contribution in [0.3, 0.4) is 0 Å². The second-order valence-corrected chi connectivity index (χ2v) is 12.1. The number of hydrogen-bond donors (Lipinski definition) is 4. The smallest absolute Gasteiger partial charge is 0.412 e. The Balaban J connectivity index is 1.14. The molecule has 9 nitrogen and oxygen atoms in total. The molecule has 1 aromatic heterocycles. The van der Waals surface area contributed by atoms with Crippen LogP contribution in [0.25, 0.3) is 0 Å². The summed E-state index contributed by atoms with van der Waals surface area (Å²) in [6.45, 7) is -0.0739. The summed E-state index contributed by atoms with van der Waals surface area (Å²) in [5, 5.41) is 7.47. The molecular weight excluding hydrogens is 699 g/mol. The van der Waals surface area contributed by atoms with E-state index in [0.717, 1.165) is 30.5 Å². The van der Waals surface area contributed by atoms with Crippen molar-refractivity contribution < 1.29 is 49.8 Å². The van der Waals surface area contributed by atoms with Crippen molar-refractivity contribution in [2.24, 2.45) is 5.73 Å². The molecule has 0 radical (unpaired) electrons. The lowest BCUT2D eigenvalue weighted by atomic mass is 9.85. The van der Waals surface area contributed by atoms with E-state index in [1.54, 1.807) is 5.32 Å². The van der Waals surface area contributed by atoms with Crippen LogP contribution in [0.4, 0.5) is 41.2 Å². The Morgan fingerprint density at radius 1 is 0.885 bits per heavy atom. The van der Waals surface area contributed by atoms with Crippen LogP contribution in [0.5, 0.6) is 0 Å². The number of nitrogens with two attached hydrogens (primary N) is 1. The van der Waals surface area contributed by atoms with Crippen LogP contribution >= 0.6 is 0 Å². The number of carbonyl (C=O) groups is 2. The number of ether oxygens (including phenoxy) is 2. The second kappa shape index (κ2) is 17.0. The van der Waals surface area contributed by atoms with Crippen molar-refractivity contribution in [1.82, 2.24) is 15.6 Å². The number of nitrogens with zero attached hydrogens (tertiary/aromatic N) is 1. The van der Waals surface area contributed by atoms with Gasteiger partial charge in [0.1, 0.15) is 29.9 Å². The summed E-state index contributed by atoms with van der Waals surface area (Å²) in [5.41, 5.74) is 7.23. The quantitative estimate of drug-likeness (QED) is 0.131. The molecule has 1 saturated heterocycles. The maximum Gasteiger partial charge on any atom is 0.412 e. The zero-order valence-corrected chi connectivity index (χ0v) is 27.3. The number of benzene rings is 3. The number of alkyl carbamates (subject to hydrolysis) is 1. The van der Waals surface area contributed by atoms with E-state index in [-0.39, 0.29) is 49.4 Å². The molecule has 5 rings (SSSR count). The highest BCUT2D eigenvalue weighted by molar-refractivity contribution is 5.96. The summed E-state index contributed by atoms with van der Waals surface area (Å²) in [6.07, 6.45) is -4.02. The highest BCUT2D eigenvalue weighted by atomic mass is 19.4. The van der Waals surface area contributed by atoms with E-state index in [1.807, 2.05) is 0 Å². The molecule has 4 atom stereocenters. The first-order valence-electron chi connectivity index (χ1n) is 16.1. The number of rotatable bonds is 12. The summed E-state index contributed by atoms with van der Waals surface area (Å²) in [4.78, 5) is 29.5. The van der Waals surface area contributed by atoms with Gasteiger partial charge in [-0.15, -0.1) is 0 Å². The average Bonchev–Trinajstić information content (AvgIpc) is 3.11. The van der Waals surface area contributed by atoms with Crippen molar-refractivity contribution in [3.05, 3.63) is 131 Å². The Hall–Kier alpha value is -5.06. The number of carbonyl (C=O) groups excluding carboxylic acids is 2. The molecule has 0 spiro atoms. The van der Waals surface area contributed by atoms with Crippen LogP contribution in [-0.2, 0) is 20.7 Å². The van der Waals surface area contributed by atoms with Gasteiger partial charge in [-0.3, -0.25) is 9.78 Å². The molecule has 276 valence electrons. The molecule has 5 N–H and O–H groups in total. The predicted octanol–water partition coefficient (Wildman–Crippen LogP) is 6.06. The van der Waals surface area contributed by atoms with E-state index in [1.165, 1.54) is 54.7 Å². The minimum atomic E-state index is -4.87. The summed E-state index contributed by atoms with van der Waals surface area (Å²) >= 11 is 0. The Morgan fingerprint density at radius 3 is 1.96 bits per heavy atom. The number of hydrogen-bond acceptors (Lipinski definition) is 7. The van der Waals surface area contributed by atoms with Crippen molar-refractivity contribution in [2.45, 2.75) is 49.2 Å². The first-order valence-corrected chi connectivity index (χ1v) is 16.1. The normalized spacial score (nSPS) is 17.3. The minimum absolute atomic E-state index is 0.0179. The van der Waals surface area contributed by atoms with E-state index >= 15 is 4.39 Å². The molecule has 2 amide bonds. The number of morpholine rings is 1. The molecule has 0 bridgehead atoms. The Kier molecular flexibility index (Phi) is 12.5. The summed E-state index contributed by atoms with van der Waals surface area (Å²) in [7, 11) is 0. The summed E-state index contributed by atoms with van der Waals surface area (Å²) in [6, 6.07) is 10.0. The fourth-order valence-corrected chi connectivity index (χ4v) is 5.75. The fourth-order valence-electron chi connectivity index (χ4n) is 5.75. The van der Waals surface area contributed by atoms with Gasteiger partial charge in [0, 0.05) is 18.0 Å². The topological polar surface area (TPSA) is 128 Å². The van der Waals surface area contributed by atoms with Crippen LogP contribution in [-0.4, -0.2) is 61.1 Å². The third-order valence-electron chi connectivity index (χ3n) is 8.47. The highest BCUT2D eigenvalue weighted by Gasteiger charge is 2.42. The molecule has 1 unspecified atom stereocenters. The lowest BCUT2D eigenvalue weighted by Crippen LogP contribution is -2.49. The average molecular weight is 734 g/mol. The molecular formula is C36H34F7N5O4. The van der Waals surface area contributed by atoms with Crippen LogP contribution in [0.2, 0.25) is 0 Å². The number of pyridine rings is 1. The number of halogens is 7. The van der Waals surface area contributed by atoms with Gasteiger partial charge in [0.15, 0.2) is 6.04 Å². The van der Waals surface area contributed by atoms with Crippen LogP contribution in [0, 0.1) is 23.3 Å². The third kappa shape index (κ3) is 10.0. The van der Waals surface area contributed by atoms with E-state index in [4.69, 9.17) is 15.2 Å². The van der Waals surface area contributed by atoms with E-state index in [0.29, 0.717) is 11.1 Å². The number of amides is 2. The molecule has 16 heteroatoms. The van der Waals surface area contributed by atoms with Gasteiger partial charge in [0.2, 0.25) is 5.91 Å². The first-order chi connectivity index (χ1) is 24.8. The third-order valence-corrected chi connectivity index (χ3v) is 8.47. The number of alkyl halides is 3. The molecule has 2 heterocycles. The summed E-state index contributed by atoms with van der Waals surface area (Å²) in [5.74, 6) is -3.93. The first kappa shape index (κ1) is 38.2. The highest BCUT2D eigenvalue weighted by Crippen LogP contribution is 2.33. The van der Waals surface area contributed by atoms with Crippen LogP contribution in [0.15, 0.2) is 85.2 Å². The monoisotopic (exact) mass is 733 g/mol.